The van der Waals surface area contributed by atoms with Crippen molar-refractivity contribution in [1.82, 2.24) is 5.32 Å². The minimum atomic E-state index is -0.0784. The summed E-state index contributed by atoms with van der Waals surface area (Å²) in [6, 6.07) is 3.43. The third kappa shape index (κ3) is 6.48. The molecule has 0 amide bonds. The molecule has 1 aromatic rings. The van der Waals surface area contributed by atoms with Crippen LogP contribution in [0.3, 0.4) is 0 Å². The Labute approximate surface area is 168 Å². The second kappa shape index (κ2) is 11.0. The van der Waals surface area contributed by atoms with Gasteiger partial charge in [-0.2, -0.15) is 0 Å². The lowest BCUT2D eigenvalue weighted by atomic mass is 9.88. The lowest BCUT2D eigenvalue weighted by molar-refractivity contribution is -0.125. The fourth-order valence-corrected chi connectivity index (χ4v) is 3.71. The first-order valence-electron chi connectivity index (χ1n) is 10.2. The first kappa shape index (κ1) is 22.2. The van der Waals surface area contributed by atoms with E-state index < -0.39 is 0 Å². The molecular formula is C23H33NO4. The van der Waals surface area contributed by atoms with Crippen LogP contribution in [0.15, 0.2) is 17.7 Å². The molecule has 1 aliphatic carbocycles. The van der Waals surface area contributed by atoms with Crippen LogP contribution in [-0.2, 0) is 16.0 Å². The molecule has 0 aromatic heterocycles. The number of fused-ring (bicyclic) bond motifs is 1. The molecule has 0 aliphatic heterocycles. The van der Waals surface area contributed by atoms with E-state index in [1.54, 1.807) is 12.1 Å². The Balaban J connectivity index is 1.80. The molecule has 5 nitrogen and oxygen atoms in total. The summed E-state index contributed by atoms with van der Waals surface area (Å²) in [4.78, 5) is 24.7. The number of carbonyl (C=O) groups is 2. The molecule has 28 heavy (non-hydrogen) atoms. The summed E-state index contributed by atoms with van der Waals surface area (Å²) < 4.78 is 5.14. The van der Waals surface area contributed by atoms with Gasteiger partial charge in [0.1, 0.15) is 5.78 Å². The molecule has 0 radical (unpaired) electrons. The minimum Gasteiger partial charge on any atom is -0.504 e. The molecule has 154 valence electrons. The molecule has 0 saturated heterocycles. The Bertz CT molecular complexity index is 724. The second-order valence-electron chi connectivity index (χ2n) is 7.79. The van der Waals surface area contributed by atoms with Gasteiger partial charge in [0.2, 0.25) is 0 Å². The number of rotatable bonds is 12. The maximum Gasteiger partial charge on any atom is 0.166 e. The van der Waals surface area contributed by atoms with Gasteiger partial charge in [0.05, 0.1) is 13.5 Å². The second-order valence-corrected chi connectivity index (χ2v) is 7.79. The van der Waals surface area contributed by atoms with Crippen molar-refractivity contribution >= 4 is 17.6 Å². The van der Waals surface area contributed by atoms with Crippen LogP contribution < -0.4 is 10.1 Å². The molecular weight excluding hydrogens is 354 g/mol. The van der Waals surface area contributed by atoms with Crippen LogP contribution in [-0.4, -0.2) is 37.4 Å². The molecule has 2 rings (SSSR count). The summed E-state index contributed by atoms with van der Waals surface area (Å²) in [5, 5.41) is 13.1. The summed E-state index contributed by atoms with van der Waals surface area (Å²) >= 11 is 0. The number of phenolic OH excluding ortho intramolecular Hbond substituents is 1. The predicted molar refractivity (Wildman–Crippen MR) is 112 cm³/mol. The fourth-order valence-electron chi connectivity index (χ4n) is 3.71. The number of ketones is 2. The quantitative estimate of drug-likeness (QED) is 0.418. The van der Waals surface area contributed by atoms with Crippen LogP contribution in [0.2, 0.25) is 0 Å². The molecule has 2 N–H and O–H groups in total. The first-order chi connectivity index (χ1) is 13.4. The zero-order chi connectivity index (χ0) is 20.5. The highest BCUT2D eigenvalue weighted by molar-refractivity contribution is 6.10. The van der Waals surface area contributed by atoms with Gasteiger partial charge in [0, 0.05) is 6.42 Å². The number of phenols is 1. The number of nitrogens with one attached hydrogen (secondary N) is 1. The van der Waals surface area contributed by atoms with Gasteiger partial charge in [-0.25, -0.2) is 0 Å². The molecule has 0 saturated carbocycles. The van der Waals surface area contributed by atoms with Gasteiger partial charge in [-0.1, -0.05) is 19.8 Å². The number of unbranched alkanes of at least 4 members (excludes halogenated alkanes) is 2. The Kier molecular flexibility index (Phi) is 8.71. The number of hydrogen-bond acceptors (Lipinski definition) is 5. The number of aromatic hydroxyl groups is 1. The lowest BCUT2D eigenvalue weighted by Crippen LogP contribution is -2.16. The van der Waals surface area contributed by atoms with Gasteiger partial charge in [-0.15, -0.1) is 0 Å². The average Bonchev–Trinajstić information content (AvgIpc) is 2.66. The van der Waals surface area contributed by atoms with Gasteiger partial charge in [0.15, 0.2) is 17.3 Å². The molecule has 1 atom stereocenters. The monoisotopic (exact) mass is 387 g/mol. The normalized spacial score (nSPS) is 14.2. The zero-order valence-corrected chi connectivity index (χ0v) is 17.3. The van der Waals surface area contributed by atoms with E-state index >= 15 is 0 Å². The first-order valence-corrected chi connectivity index (χ1v) is 10.2. The highest BCUT2D eigenvalue weighted by Gasteiger charge is 2.20. The van der Waals surface area contributed by atoms with E-state index in [9.17, 15) is 14.7 Å². The van der Waals surface area contributed by atoms with Crippen molar-refractivity contribution < 1.29 is 19.4 Å². The Morgan fingerprint density at radius 1 is 1.21 bits per heavy atom. The molecule has 1 aliphatic rings. The Hall–Kier alpha value is -2.14. The third-order valence-corrected chi connectivity index (χ3v) is 5.36. The number of allylic oxidation sites excluding steroid dienone is 1. The van der Waals surface area contributed by atoms with Crippen molar-refractivity contribution in [2.24, 2.45) is 5.92 Å². The van der Waals surface area contributed by atoms with Crippen molar-refractivity contribution in [2.75, 3.05) is 20.7 Å². The molecule has 0 bridgehead atoms. The largest absolute Gasteiger partial charge is 0.504 e. The predicted octanol–water partition coefficient (Wildman–Crippen LogP) is 4.06. The van der Waals surface area contributed by atoms with E-state index in [0.717, 1.165) is 36.9 Å². The highest BCUT2D eigenvalue weighted by atomic mass is 16.5. The maximum absolute atomic E-state index is 12.5. The van der Waals surface area contributed by atoms with Crippen molar-refractivity contribution in [1.29, 1.82) is 0 Å². The summed E-state index contributed by atoms with van der Waals surface area (Å²) in [5.41, 5.74) is 2.57. The van der Waals surface area contributed by atoms with E-state index in [4.69, 9.17) is 4.74 Å². The number of hydrogen-bond donors (Lipinski definition) is 2. The fraction of sp³-hybridized carbons (Fsp3) is 0.565. The van der Waals surface area contributed by atoms with Crippen LogP contribution in [0.4, 0.5) is 0 Å². The lowest BCUT2D eigenvalue weighted by Gasteiger charge is -2.17. The maximum atomic E-state index is 12.5. The Morgan fingerprint density at radius 3 is 2.71 bits per heavy atom. The van der Waals surface area contributed by atoms with Crippen LogP contribution in [0.25, 0.3) is 6.08 Å². The average molecular weight is 388 g/mol. The number of Topliss-reactive ketones (excluding diaryl/α,β-unsaturated/α-hetero) is 2. The van der Waals surface area contributed by atoms with Crippen molar-refractivity contribution in [3.8, 4) is 11.5 Å². The molecule has 5 heteroatoms. The molecule has 0 fully saturated rings. The van der Waals surface area contributed by atoms with Crippen LogP contribution in [0.5, 0.6) is 11.5 Å². The Morgan fingerprint density at radius 2 is 2.00 bits per heavy atom. The molecule has 0 unspecified atom stereocenters. The number of carbonyl (C=O) groups excluding carboxylic acids is 2. The van der Waals surface area contributed by atoms with Gasteiger partial charge in [0.25, 0.3) is 0 Å². The van der Waals surface area contributed by atoms with E-state index in [1.165, 1.54) is 13.5 Å². The van der Waals surface area contributed by atoms with Gasteiger partial charge >= 0.3 is 0 Å². The van der Waals surface area contributed by atoms with Crippen LogP contribution in [0, 0.1) is 5.92 Å². The highest BCUT2D eigenvalue weighted by Crippen LogP contribution is 2.34. The number of aryl methyl sites for hydroxylation is 1. The smallest absolute Gasteiger partial charge is 0.166 e. The third-order valence-electron chi connectivity index (χ3n) is 5.36. The number of methoxy groups -OCH3 is 1. The summed E-state index contributed by atoms with van der Waals surface area (Å²) in [5.74, 6) is 1.11. The summed E-state index contributed by atoms with van der Waals surface area (Å²) in [7, 11) is 3.47. The summed E-state index contributed by atoms with van der Waals surface area (Å²) in [6.07, 6.45) is 7.78. The van der Waals surface area contributed by atoms with Crippen molar-refractivity contribution in [3.05, 3.63) is 28.8 Å². The van der Waals surface area contributed by atoms with Gasteiger partial charge in [-0.3, -0.25) is 9.59 Å². The molecule has 0 spiro atoms. The molecule has 1 aromatic carbocycles. The van der Waals surface area contributed by atoms with E-state index in [1.807, 2.05) is 13.1 Å². The van der Waals surface area contributed by atoms with Crippen molar-refractivity contribution in [2.45, 2.75) is 58.3 Å². The summed E-state index contributed by atoms with van der Waals surface area (Å²) in [6.45, 7) is 3.25. The topological polar surface area (TPSA) is 75.6 Å². The van der Waals surface area contributed by atoms with Gasteiger partial charge < -0.3 is 15.2 Å². The molecule has 0 heterocycles. The van der Waals surface area contributed by atoms with E-state index in [2.05, 4.69) is 12.2 Å². The standard InChI is InChI=1S/C23H33NO4/c1-16(15-24-2)7-5-4-6-8-20(25)14-21(26)18-10-9-17-12-22(27)23(28-3)13-19(17)11-18/h11-13,16,24,27H,4-10,14-15H2,1-3H3/t16-/m1/s1. The number of benzene rings is 1. The SMILES string of the molecule is CNC[C@H](C)CCCCCC(=O)CC(=O)C1=Cc2cc(OC)c(O)cc2CC1. The van der Waals surface area contributed by atoms with Crippen LogP contribution >= 0.6 is 0 Å². The minimum absolute atomic E-state index is 0.00740. The van der Waals surface area contributed by atoms with E-state index in [-0.39, 0.29) is 23.7 Å². The number of ether oxygens (including phenoxy) is 1. The van der Waals surface area contributed by atoms with Gasteiger partial charge in [-0.05, 0) is 80.1 Å². The van der Waals surface area contributed by atoms with E-state index in [0.29, 0.717) is 36.5 Å². The van der Waals surface area contributed by atoms with Crippen molar-refractivity contribution in [3.63, 3.8) is 0 Å². The zero-order valence-electron chi connectivity index (χ0n) is 17.3. The van der Waals surface area contributed by atoms with Crippen LogP contribution in [0.1, 0.15) is 63.0 Å².